The summed E-state index contributed by atoms with van der Waals surface area (Å²) < 4.78 is 6.71. The summed E-state index contributed by atoms with van der Waals surface area (Å²) in [5.74, 6) is 0.449. The lowest BCUT2D eigenvalue weighted by molar-refractivity contribution is 0.605. The molecule has 0 saturated heterocycles. The van der Waals surface area contributed by atoms with Crippen LogP contribution in [0.4, 0.5) is 0 Å². The van der Waals surface area contributed by atoms with Crippen molar-refractivity contribution in [3.8, 4) is 22.3 Å². The predicted octanol–water partition coefficient (Wildman–Crippen LogP) is 4.57. The molecular formula is C18H8N6OS2. The zero-order valence-electron chi connectivity index (χ0n) is 13.5. The van der Waals surface area contributed by atoms with E-state index in [1.807, 2.05) is 30.3 Å². The lowest BCUT2D eigenvalue weighted by Crippen LogP contribution is -1.83. The molecule has 0 aliphatic carbocycles. The van der Waals surface area contributed by atoms with Crippen molar-refractivity contribution in [1.29, 1.82) is 0 Å². The number of pyridine rings is 3. The molecule has 0 unspecified atom stereocenters. The summed E-state index contributed by atoms with van der Waals surface area (Å²) >= 11 is 3.08. The standard InChI is InChI=1S/C18H8N6OS2/c1-2-9-15(19-5-1)25-16(22-9)12-6-14-13(7-20-12)24-18(27-14)11-4-3-10-17(23-11)26-8-21-10/h1-8H. The highest BCUT2D eigenvalue weighted by Gasteiger charge is 2.14. The van der Waals surface area contributed by atoms with Crippen LogP contribution in [0.2, 0.25) is 0 Å². The third kappa shape index (κ3) is 2.40. The fourth-order valence-corrected chi connectivity index (χ4v) is 4.41. The van der Waals surface area contributed by atoms with E-state index in [2.05, 4.69) is 29.9 Å². The van der Waals surface area contributed by atoms with E-state index in [0.29, 0.717) is 22.8 Å². The Balaban J connectivity index is 1.46. The van der Waals surface area contributed by atoms with Gasteiger partial charge in [0.2, 0.25) is 11.6 Å². The van der Waals surface area contributed by atoms with E-state index in [1.54, 1.807) is 29.2 Å². The highest BCUT2D eigenvalue weighted by molar-refractivity contribution is 7.21. The lowest BCUT2D eigenvalue weighted by atomic mass is 10.3. The Bertz CT molecular complexity index is 1420. The second-order valence-corrected chi connectivity index (χ2v) is 7.64. The molecule has 0 aromatic carbocycles. The van der Waals surface area contributed by atoms with Crippen molar-refractivity contribution in [1.82, 2.24) is 29.9 Å². The molecule has 0 fully saturated rings. The molecule has 0 aliphatic heterocycles. The molecule has 27 heavy (non-hydrogen) atoms. The normalized spacial score (nSPS) is 11.7. The highest BCUT2D eigenvalue weighted by atomic mass is 32.1. The van der Waals surface area contributed by atoms with Gasteiger partial charge in [-0.05, 0) is 30.3 Å². The van der Waals surface area contributed by atoms with Crippen LogP contribution in [-0.4, -0.2) is 29.9 Å². The maximum absolute atomic E-state index is 5.72. The molecule has 0 atom stereocenters. The summed E-state index contributed by atoms with van der Waals surface area (Å²) in [4.78, 5) is 27.6. The molecular weight excluding hydrogens is 380 g/mol. The predicted molar refractivity (Wildman–Crippen MR) is 105 cm³/mol. The SMILES string of the molecule is c1cnc2oc(-c3cc4sc(-c5ccc6ncsc6n5)nc4cn3)nc2c1. The smallest absolute Gasteiger partial charge is 0.248 e. The van der Waals surface area contributed by atoms with Crippen molar-refractivity contribution in [2.24, 2.45) is 0 Å². The van der Waals surface area contributed by atoms with Gasteiger partial charge in [0.1, 0.15) is 32.3 Å². The van der Waals surface area contributed by atoms with Crippen LogP contribution in [0.25, 0.3) is 54.1 Å². The Kier molecular flexibility index (Phi) is 3.07. The zero-order valence-corrected chi connectivity index (χ0v) is 15.2. The van der Waals surface area contributed by atoms with Gasteiger partial charge < -0.3 is 4.42 Å². The summed E-state index contributed by atoms with van der Waals surface area (Å²) in [6.07, 6.45) is 3.41. The van der Waals surface area contributed by atoms with Gasteiger partial charge in [0.05, 0.1) is 21.9 Å². The number of fused-ring (bicyclic) bond motifs is 3. The van der Waals surface area contributed by atoms with E-state index in [9.17, 15) is 0 Å². The average molecular weight is 388 g/mol. The fourth-order valence-electron chi connectivity index (χ4n) is 2.81. The summed E-state index contributed by atoms with van der Waals surface area (Å²) in [6.45, 7) is 0. The highest BCUT2D eigenvalue weighted by Crippen LogP contribution is 2.32. The third-order valence-electron chi connectivity index (χ3n) is 4.08. The molecule has 0 aliphatic rings. The Morgan fingerprint density at radius 3 is 2.81 bits per heavy atom. The maximum Gasteiger partial charge on any atom is 0.248 e. The van der Waals surface area contributed by atoms with Crippen LogP contribution in [0, 0.1) is 0 Å². The number of aromatic nitrogens is 6. The van der Waals surface area contributed by atoms with Gasteiger partial charge in [-0.15, -0.1) is 22.7 Å². The Morgan fingerprint density at radius 2 is 1.85 bits per heavy atom. The Hall–Kier alpha value is -3.30. The summed E-state index contributed by atoms with van der Waals surface area (Å²) in [6, 6.07) is 9.54. The molecule has 6 heterocycles. The maximum atomic E-state index is 5.72. The topological polar surface area (TPSA) is 90.5 Å². The van der Waals surface area contributed by atoms with E-state index in [-0.39, 0.29) is 0 Å². The van der Waals surface area contributed by atoms with Crippen molar-refractivity contribution in [2.45, 2.75) is 0 Å². The summed E-state index contributed by atoms with van der Waals surface area (Å²) in [5, 5.41) is 0.846. The van der Waals surface area contributed by atoms with E-state index in [1.165, 1.54) is 11.3 Å². The fraction of sp³-hybridized carbons (Fsp3) is 0. The first-order valence-electron chi connectivity index (χ1n) is 8.03. The lowest BCUT2D eigenvalue weighted by Gasteiger charge is -1.93. The van der Waals surface area contributed by atoms with Gasteiger partial charge in [0.15, 0.2) is 0 Å². The number of oxazole rings is 1. The first kappa shape index (κ1) is 14.8. The first-order chi connectivity index (χ1) is 13.3. The molecule has 7 nitrogen and oxygen atoms in total. The number of thiazole rings is 2. The van der Waals surface area contributed by atoms with Gasteiger partial charge in [0.25, 0.3) is 0 Å². The van der Waals surface area contributed by atoms with Crippen molar-refractivity contribution in [3.05, 3.63) is 48.2 Å². The van der Waals surface area contributed by atoms with Crippen LogP contribution >= 0.6 is 22.7 Å². The number of hydrogen-bond donors (Lipinski definition) is 0. The molecule has 0 N–H and O–H groups in total. The molecule has 0 radical (unpaired) electrons. The largest absolute Gasteiger partial charge is 0.416 e. The van der Waals surface area contributed by atoms with Crippen LogP contribution in [0.5, 0.6) is 0 Å². The minimum Gasteiger partial charge on any atom is -0.416 e. The molecule has 0 spiro atoms. The van der Waals surface area contributed by atoms with Crippen molar-refractivity contribution in [2.75, 3.05) is 0 Å². The van der Waals surface area contributed by atoms with Crippen LogP contribution in [-0.2, 0) is 0 Å². The number of hydrogen-bond acceptors (Lipinski definition) is 9. The zero-order chi connectivity index (χ0) is 17.8. The third-order valence-corrected chi connectivity index (χ3v) is 5.85. The number of nitrogens with zero attached hydrogens (tertiary/aromatic N) is 6. The van der Waals surface area contributed by atoms with E-state index < -0.39 is 0 Å². The first-order valence-corrected chi connectivity index (χ1v) is 9.72. The van der Waals surface area contributed by atoms with Crippen molar-refractivity contribution < 1.29 is 4.42 Å². The van der Waals surface area contributed by atoms with E-state index in [4.69, 9.17) is 4.42 Å². The van der Waals surface area contributed by atoms with E-state index >= 15 is 0 Å². The molecule has 128 valence electrons. The quantitative estimate of drug-likeness (QED) is 0.429. The van der Waals surface area contributed by atoms with Crippen molar-refractivity contribution in [3.63, 3.8) is 0 Å². The van der Waals surface area contributed by atoms with Crippen LogP contribution in [0.1, 0.15) is 0 Å². The average Bonchev–Trinajstić information content (AvgIpc) is 3.42. The van der Waals surface area contributed by atoms with Crippen LogP contribution in [0.15, 0.2) is 52.7 Å². The Labute approximate surface area is 159 Å². The molecule has 6 aromatic rings. The monoisotopic (exact) mass is 388 g/mol. The molecule has 0 saturated carbocycles. The minimum atomic E-state index is 0.449. The van der Waals surface area contributed by atoms with Gasteiger partial charge in [-0.25, -0.2) is 29.9 Å². The molecule has 0 bridgehead atoms. The summed E-state index contributed by atoms with van der Waals surface area (Å²) in [7, 11) is 0. The van der Waals surface area contributed by atoms with Crippen molar-refractivity contribution >= 4 is 54.5 Å². The van der Waals surface area contributed by atoms with Crippen LogP contribution < -0.4 is 0 Å². The molecule has 6 aromatic heterocycles. The molecule has 0 amide bonds. The van der Waals surface area contributed by atoms with Gasteiger partial charge in [-0.2, -0.15) is 0 Å². The Morgan fingerprint density at radius 1 is 0.852 bits per heavy atom. The second kappa shape index (κ2) is 5.60. The van der Waals surface area contributed by atoms with Gasteiger partial charge in [-0.1, -0.05) is 0 Å². The van der Waals surface area contributed by atoms with Gasteiger partial charge in [-0.3, -0.25) is 0 Å². The minimum absolute atomic E-state index is 0.449. The van der Waals surface area contributed by atoms with Gasteiger partial charge >= 0.3 is 0 Å². The number of rotatable bonds is 2. The second-order valence-electron chi connectivity index (χ2n) is 5.78. The van der Waals surface area contributed by atoms with Gasteiger partial charge in [0, 0.05) is 6.20 Å². The molecule has 9 heteroatoms. The summed E-state index contributed by atoms with van der Waals surface area (Å²) in [5.41, 5.74) is 6.22. The molecule has 6 rings (SSSR count). The van der Waals surface area contributed by atoms with E-state index in [0.717, 1.165) is 31.3 Å². The van der Waals surface area contributed by atoms with Crippen LogP contribution in [0.3, 0.4) is 0 Å².